The van der Waals surface area contributed by atoms with Gasteiger partial charge in [-0.2, -0.15) is 0 Å². The lowest BCUT2D eigenvalue weighted by Crippen LogP contribution is -2.29. The van der Waals surface area contributed by atoms with E-state index in [2.05, 4.69) is 27.7 Å². The second-order valence-corrected chi connectivity index (χ2v) is 8.65. The van der Waals surface area contributed by atoms with Crippen LogP contribution >= 0.6 is 0 Å². The van der Waals surface area contributed by atoms with Gasteiger partial charge in [-0.05, 0) is 46.0 Å². The highest BCUT2D eigenvalue weighted by Crippen LogP contribution is 2.27. The molecule has 0 rings (SSSR count). The van der Waals surface area contributed by atoms with Gasteiger partial charge in [0.25, 0.3) is 0 Å². The Morgan fingerprint density at radius 1 is 0.792 bits per heavy atom. The Balaban J connectivity index is 3.75. The smallest absolute Gasteiger partial charge is 0.0952 e. The van der Waals surface area contributed by atoms with Crippen molar-refractivity contribution in [3.8, 4) is 0 Å². The van der Waals surface area contributed by atoms with Crippen LogP contribution in [0.4, 0.5) is 0 Å². The fourth-order valence-corrected chi connectivity index (χ4v) is 3.13. The molecule has 0 amide bonds. The predicted molar refractivity (Wildman–Crippen MR) is 106 cm³/mol. The van der Waals surface area contributed by atoms with Crippen LogP contribution in [0.2, 0.25) is 0 Å². The molecule has 24 heavy (non-hydrogen) atoms. The molecule has 0 saturated heterocycles. The molecule has 145 valence electrons. The van der Waals surface area contributed by atoms with Crippen LogP contribution in [0.5, 0.6) is 0 Å². The van der Waals surface area contributed by atoms with Gasteiger partial charge in [-0.15, -0.1) is 0 Å². The highest BCUT2D eigenvalue weighted by atomic mass is 17.2. The van der Waals surface area contributed by atoms with E-state index in [0.29, 0.717) is 5.92 Å². The first-order chi connectivity index (χ1) is 11.3. The third-order valence-corrected chi connectivity index (χ3v) is 4.63. The van der Waals surface area contributed by atoms with Gasteiger partial charge in [-0.25, -0.2) is 9.78 Å². The van der Waals surface area contributed by atoms with Crippen molar-refractivity contribution in [2.75, 3.05) is 0 Å². The monoisotopic (exact) mass is 341 g/mol. The van der Waals surface area contributed by atoms with Crippen molar-refractivity contribution in [3.63, 3.8) is 0 Å². The summed E-state index contributed by atoms with van der Waals surface area (Å²) in [5.74, 6) is 1.96. The van der Waals surface area contributed by atoms with E-state index in [1.165, 1.54) is 76.5 Å². The normalized spacial score (nSPS) is 15.0. The van der Waals surface area contributed by atoms with Crippen LogP contribution in [0.25, 0.3) is 0 Å². The molecular weight excluding hydrogens is 296 g/mol. The Morgan fingerprint density at radius 3 is 1.67 bits per heavy atom. The van der Waals surface area contributed by atoms with Crippen molar-refractivity contribution in [3.05, 3.63) is 5.92 Å². The standard InChI is InChI=1S/C22H45O2/c1-8-9-10-11-12-13-14-15-16-17-18-21(19(2)3)20(4)23-24-22(5,6)7/h20-21H,8-18H2,1-7H3. The Labute approximate surface area is 153 Å². The zero-order valence-corrected chi connectivity index (χ0v) is 17.7. The summed E-state index contributed by atoms with van der Waals surface area (Å²) in [5, 5.41) is 0. The second-order valence-electron chi connectivity index (χ2n) is 8.65. The first kappa shape index (κ1) is 23.9. The quantitative estimate of drug-likeness (QED) is 0.173. The van der Waals surface area contributed by atoms with Crippen LogP contribution in [-0.4, -0.2) is 11.7 Å². The van der Waals surface area contributed by atoms with Crippen LogP contribution in [0, 0.1) is 11.8 Å². The van der Waals surface area contributed by atoms with E-state index in [9.17, 15) is 0 Å². The van der Waals surface area contributed by atoms with Crippen LogP contribution in [0.1, 0.15) is 119 Å². The third kappa shape index (κ3) is 14.3. The lowest BCUT2D eigenvalue weighted by molar-refractivity contribution is -0.376. The number of hydrogen-bond acceptors (Lipinski definition) is 2. The fourth-order valence-electron chi connectivity index (χ4n) is 3.13. The largest absolute Gasteiger partial charge is 0.233 e. The maximum absolute atomic E-state index is 5.65. The molecule has 0 aliphatic rings. The van der Waals surface area contributed by atoms with Crippen LogP contribution in [-0.2, 0) is 9.78 Å². The van der Waals surface area contributed by atoms with Crippen molar-refractivity contribution in [1.29, 1.82) is 0 Å². The third-order valence-electron chi connectivity index (χ3n) is 4.63. The molecule has 2 atom stereocenters. The predicted octanol–water partition coefficient (Wildman–Crippen LogP) is 7.66. The summed E-state index contributed by atoms with van der Waals surface area (Å²) < 4.78 is 0. The zero-order chi connectivity index (χ0) is 18.4. The SMILES string of the molecule is CCCCCCCCCCCCC([C](C)C)C(C)OOC(C)(C)C. The van der Waals surface area contributed by atoms with Gasteiger partial charge in [-0.3, -0.25) is 0 Å². The van der Waals surface area contributed by atoms with Crippen LogP contribution < -0.4 is 0 Å². The molecule has 0 aromatic rings. The van der Waals surface area contributed by atoms with E-state index >= 15 is 0 Å². The highest BCUT2D eigenvalue weighted by Gasteiger charge is 2.24. The van der Waals surface area contributed by atoms with Gasteiger partial charge in [0.15, 0.2) is 0 Å². The van der Waals surface area contributed by atoms with Gasteiger partial charge >= 0.3 is 0 Å². The molecule has 0 aromatic heterocycles. The molecule has 0 aromatic carbocycles. The van der Waals surface area contributed by atoms with Crippen LogP contribution in [0.3, 0.4) is 0 Å². The van der Waals surface area contributed by atoms with Crippen molar-refractivity contribution < 1.29 is 9.78 Å². The molecule has 2 heteroatoms. The summed E-state index contributed by atoms with van der Waals surface area (Å²) in [6.45, 7) is 14.9. The molecule has 2 nitrogen and oxygen atoms in total. The molecule has 0 N–H and O–H groups in total. The minimum absolute atomic E-state index is 0.132. The zero-order valence-electron chi connectivity index (χ0n) is 17.7. The Kier molecular flexibility index (Phi) is 14.1. The average molecular weight is 342 g/mol. The van der Waals surface area contributed by atoms with Crippen molar-refractivity contribution >= 4 is 0 Å². The summed E-state index contributed by atoms with van der Waals surface area (Å²) in [5.41, 5.74) is -0.239. The van der Waals surface area contributed by atoms with E-state index < -0.39 is 0 Å². The van der Waals surface area contributed by atoms with Gasteiger partial charge < -0.3 is 0 Å². The van der Waals surface area contributed by atoms with E-state index in [-0.39, 0.29) is 11.7 Å². The second kappa shape index (κ2) is 14.1. The molecule has 0 aliphatic carbocycles. The molecular formula is C22H45O2. The number of unbranched alkanes of at least 4 members (excludes halogenated alkanes) is 9. The molecule has 2 unspecified atom stereocenters. The molecule has 0 heterocycles. The van der Waals surface area contributed by atoms with Gasteiger partial charge in [0, 0.05) is 0 Å². The van der Waals surface area contributed by atoms with E-state index in [1.54, 1.807) is 0 Å². The number of hydrogen-bond donors (Lipinski definition) is 0. The van der Waals surface area contributed by atoms with Gasteiger partial charge in [0.2, 0.25) is 0 Å². The van der Waals surface area contributed by atoms with E-state index in [1.807, 2.05) is 20.8 Å². The Hall–Kier alpha value is -0.0800. The maximum atomic E-state index is 5.65. The molecule has 0 fully saturated rings. The molecule has 0 spiro atoms. The lowest BCUT2D eigenvalue weighted by atomic mass is 9.86. The minimum atomic E-state index is -0.239. The summed E-state index contributed by atoms with van der Waals surface area (Å²) in [7, 11) is 0. The molecule has 0 aliphatic heterocycles. The van der Waals surface area contributed by atoms with Gasteiger partial charge in [0.1, 0.15) is 0 Å². The van der Waals surface area contributed by atoms with Gasteiger partial charge in [0.05, 0.1) is 11.7 Å². The summed E-state index contributed by atoms with van der Waals surface area (Å²) in [6, 6.07) is 0. The summed E-state index contributed by atoms with van der Waals surface area (Å²) >= 11 is 0. The number of rotatable bonds is 15. The summed E-state index contributed by atoms with van der Waals surface area (Å²) in [6.07, 6.45) is 15.3. The van der Waals surface area contributed by atoms with Crippen LogP contribution in [0.15, 0.2) is 0 Å². The molecule has 1 radical (unpaired) electrons. The maximum Gasteiger partial charge on any atom is 0.0952 e. The lowest BCUT2D eigenvalue weighted by Gasteiger charge is -2.29. The molecule has 0 bridgehead atoms. The van der Waals surface area contributed by atoms with Crippen molar-refractivity contribution in [2.45, 2.75) is 131 Å². The van der Waals surface area contributed by atoms with E-state index in [4.69, 9.17) is 9.78 Å². The Morgan fingerprint density at radius 2 is 1.25 bits per heavy atom. The first-order valence-corrected chi connectivity index (χ1v) is 10.4. The van der Waals surface area contributed by atoms with Gasteiger partial charge in [-0.1, -0.05) is 85.0 Å². The van der Waals surface area contributed by atoms with E-state index in [0.717, 1.165) is 0 Å². The fraction of sp³-hybridized carbons (Fsp3) is 0.955. The Bertz CT molecular complexity index is 268. The van der Waals surface area contributed by atoms with Crippen molar-refractivity contribution in [2.24, 2.45) is 5.92 Å². The topological polar surface area (TPSA) is 18.5 Å². The average Bonchev–Trinajstić information content (AvgIpc) is 2.49. The highest BCUT2D eigenvalue weighted by molar-refractivity contribution is 4.90. The van der Waals surface area contributed by atoms with Crippen molar-refractivity contribution in [1.82, 2.24) is 0 Å². The minimum Gasteiger partial charge on any atom is -0.233 e. The molecule has 0 saturated carbocycles. The summed E-state index contributed by atoms with van der Waals surface area (Å²) in [4.78, 5) is 11.2. The first-order valence-electron chi connectivity index (χ1n) is 10.4.